The van der Waals surface area contributed by atoms with Gasteiger partial charge >= 0.3 is 148 Å². The van der Waals surface area contributed by atoms with Crippen LogP contribution < -0.4 is 0 Å². The Kier molecular flexibility index (Phi) is 2.60. The molecule has 0 fully saturated rings. The van der Waals surface area contributed by atoms with Gasteiger partial charge in [-0.05, 0) is 0 Å². The van der Waals surface area contributed by atoms with Gasteiger partial charge < -0.3 is 0 Å². The minimum atomic E-state index is 0.333. The maximum absolute atomic E-state index is 4.48. The normalized spacial score (nSPS) is 12.2. The van der Waals surface area contributed by atoms with Crippen LogP contribution in [0.15, 0.2) is 49.1 Å². The fourth-order valence-corrected chi connectivity index (χ4v) is 9.53. The van der Waals surface area contributed by atoms with Crippen molar-refractivity contribution in [3.05, 3.63) is 49.1 Å². The van der Waals surface area contributed by atoms with Gasteiger partial charge in [0.2, 0.25) is 0 Å². The third-order valence-electron chi connectivity index (χ3n) is 4.26. The van der Waals surface area contributed by atoms with Gasteiger partial charge in [-0.15, -0.1) is 0 Å². The quantitative estimate of drug-likeness (QED) is 0.342. The van der Waals surface area contributed by atoms with E-state index in [1.165, 1.54) is 27.8 Å². The minimum absolute atomic E-state index is 0.333. The van der Waals surface area contributed by atoms with Gasteiger partial charge in [0.15, 0.2) is 0 Å². The molecule has 0 saturated heterocycles. The second-order valence-corrected chi connectivity index (χ2v) is 10.1. The molecule has 2 aromatic carbocycles. The Hall–Kier alpha value is -2.10. The molecule has 4 nitrogen and oxygen atoms in total. The van der Waals surface area contributed by atoms with E-state index in [4.69, 9.17) is 0 Å². The van der Waals surface area contributed by atoms with Gasteiger partial charge in [-0.25, -0.2) is 0 Å². The summed E-state index contributed by atoms with van der Waals surface area (Å²) in [5.74, 6) is 0. The molecular weight excluding hydrogens is 430 g/mol. The molecule has 24 heavy (non-hydrogen) atoms. The first-order valence-corrected chi connectivity index (χ1v) is 10.9. The summed E-state index contributed by atoms with van der Waals surface area (Å²) in [4.78, 5) is 17.9. The first-order valence-electron chi connectivity index (χ1n) is 7.47. The fourth-order valence-electron chi connectivity index (χ4n) is 3.17. The van der Waals surface area contributed by atoms with Crippen molar-refractivity contribution in [2.45, 2.75) is 0 Å². The number of fused-ring (bicyclic) bond motifs is 7. The van der Waals surface area contributed by atoms with Crippen molar-refractivity contribution in [1.82, 2.24) is 19.9 Å². The van der Waals surface area contributed by atoms with E-state index in [2.05, 4.69) is 44.2 Å². The number of nitrogens with zero attached hydrogens (tertiary/aromatic N) is 4. The summed E-state index contributed by atoms with van der Waals surface area (Å²) in [6, 6.07) is 8.91. The van der Waals surface area contributed by atoms with E-state index >= 15 is 0 Å². The number of benzene rings is 2. The van der Waals surface area contributed by atoms with Crippen molar-refractivity contribution >= 4 is 78.9 Å². The third-order valence-corrected chi connectivity index (χ3v) is 9.89. The van der Waals surface area contributed by atoms with Crippen LogP contribution in [0.2, 0.25) is 0 Å². The topological polar surface area (TPSA) is 51.6 Å². The van der Waals surface area contributed by atoms with Crippen LogP contribution >= 0.6 is 0 Å². The monoisotopic (exact) mass is 440 g/mol. The van der Waals surface area contributed by atoms with Crippen molar-refractivity contribution in [3.8, 4) is 0 Å². The average molecular weight is 438 g/mol. The molecule has 0 aliphatic rings. The Morgan fingerprint density at radius 1 is 0.500 bits per heavy atom. The van der Waals surface area contributed by atoms with Crippen molar-refractivity contribution in [3.63, 3.8) is 0 Å². The van der Waals surface area contributed by atoms with E-state index in [9.17, 15) is 0 Å². The molecule has 0 N–H and O–H groups in total. The number of rotatable bonds is 0. The Morgan fingerprint density at radius 3 is 1.29 bits per heavy atom. The predicted octanol–water partition coefficient (Wildman–Crippen LogP) is 3.15. The van der Waals surface area contributed by atoms with Crippen LogP contribution in [0, 0.1) is 0 Å². The zero-order chi connectivity index (χ0) is 15.7. The molecule has 0 spiro atoms. The molecule has 0 aliphatic carbocycles. The standard InChI is InChI=1S/C18H8N4Se2/c1-3-21-13-7-15-9(5-11(13)19-1)17-18(23-15)10-6-12-14(8-16(10)24-17)22-4-2-20-12/h1-8H. The Balaban J connectivity index is 1.81. The van der Waals surface area contributed by atoms with E-state index in [0.29, 0.717) is 29.0 Å². The number of hydrogen-bond donors (Lipinski definition) is 0. The average Bonchev–Trinajstić information content (AvgIpc) is 3.13. The van der Waals surface area contributed by atoms with Crippen LogP contribution in [0.4, 0.5) is 0 Å². The Bertz CT molecular complexity index is 1300. The van der Waals surface area contributed by atoms with Gasteiger partial charge in [-0.3, -0.25) is 0 Å². The fraction of sp³-hybridized carbons (Fsp3) is 0. The molecule has 0 aliphatic heterocycles. The molecule has 0 amide bonds. The van der Waals surface area contributed by atoms with Crippen LogP contribution in [0.1, 0.15) is 0 Å². The second-order valence-electron chi connectivity index (χ2n) is 5.65. The van der Waals surface area contributed by atoms with Crippen molar-refractivity contribution < 1.29 is 0 Å². The maximum atomic E-state index is 4.48. The van der Waals surface area contributed by atoms with Gasteiger partial charge in [-0.1, -0.05) is 0 Å². The number of aromatic nitrogens is 4. The molecule has 6 rings (SSSR count). The number of hydrogen-bond acceptors (Lipinski definition) is 4. The van der Waals surface area contributed by atoms with Crippen LogP contribution in [0.5, 0.6) is 0 Å². The summed E-state index contributed by atoms with van der Waals surface area (Å²) in [6.45, 7) is 0. The second kappa shape index (κ2) is 4.71. The molecule has 6 heteroatoms. The van der Waals surface area contributed by atoms with Gasteiger partial charge in [0.1, 0.15) is 0 Å². The van der Waals surface area contributed by atoms with Crippen molar-refractivity contribution in [2.24, 2.45) is 0 Å². The van der Waals surface area contributed by atoms with E-state index in [1.54, 1.807) is 24.8 Å². The summed E-state index contributed by atoms with van der Waals surface area (Å²) < 4.78 is 5.92. The summed E-state index contributed by atoms with van der Waals surface area (Å²) in [7, 11) is 0. The van der Waals surface area contributed by atoms with Crippen LogP contribution in [0.3, 0.4) is 0 Å². The van der Waals surface area contributed by atoms with Crippen LogP contribution in [-0.4, -0.2) is 48.9 Å². The molecule has 0 bridgehead atoms. The zero-order valence-corrected chi connectivity index (χ0v) is 15.7. The first kappa shape index (κ1) is 13.2. The molecule has 0 atom stereocenters. The van der Waals surface area contributed by atoms with Gasteiger partial charge in [0, 0.05) is 0 Å². The van der Waals surface area contributed by atoms with Gasteiger partial charge in [0.05, 0.1) is 0 Å². The van der Waals surface area contributed by atoms with Crippen LogP contribution in [-0.2, 0) is 0 Å². The van der Waals surface area contributed by atoms with E-state index < -0.39 is 0 Å². The van der Waals surface area contributed by atoms with E-state index in [1.807, 2.05) is 0 Å². The van der Waals surface area contributed by atoms with Gasteiger partial charge in [-0.2, -0.15) is 0 Å². The summed E-state index contributed by atoms with van der Waals surface area (Å²) in [5, 5.41) is 2.78. The van der Waals surface area contributed by atoms with Gasteiger partial charge in [0.25, 0.3) is 0 Å². The molecule has 0 saturated carbocycles. The molecule has 6 aromatic rings. The Labute approximate surface area is 147 Å². The molecule has 4 aromatic heterocycles. The SMILES string of the molecule is c1cnc2cc3c(cc2n1)[se]c1c2cc4nccnc4cc2[se]c31. The summed E-state index contributed by atoms with van der Waals surface area (Å²) in [6.07, 6.45) is 7.06. The third kappa shape index (κ3) is 1.74. The molecule has 0 unspecified atom stereocenters. The summed E-state index contributed by atoms with van der Waals surface area (Å²) in [5.41, 5.74) is 3.97. The van der Waals surface area contributed by atoms with Crippen LogP contribution in [0.25, 0.3) is 49.9 Å². The molecule has 4 heterocycles. The summed E-state index contributed by atoms with van der Waals surface area (Å²) >= 11 is 0.665. The van der Waals surface area contributed by atoms with E-state index in [-0.39, 0.29) is 0 Å². The zero-order valence-electron chi connectivity index (χ0n) is 12.2. The molecule has 112 valence electrons. The van der Waals surface area contributed by atoms with Crippen molar-refractivity contribution in [1.29, 1.82) is 0 Å². The first-order chi connectivity index (χ1) is 11.9. The van der Waals surface area contributed by atoms with E-state index in [0.717, 1.165) is 22.1 Å². The molecular formula is C18H8N4Se2. The predicted molar refractivity (Wildman–Crippen MR) is 99.0 cm³/mol. The molecule has 0 radical (unpaired) electrons. The Morgan fingerprint density at radius 2 is 0.875 bits per heavy atom. The van der Waals surface area contributed by atoms with Crippen molar-refractivity contribution in [2.75, 3.05) is 0 Å².